The van der Waals surface area contributed by atoms with E-state index in [0.29, 0.717) is 16.4 Å². The van der Waals surface area contributed by atoms with E-state index in [4.69, 9.17) is 0 Å². The van der Waals surface area contributed by atoms with Crippen LogP contribution in [0.25, 0.3) is 0 Å². The summed E-state index contributed by atoms with van der Waals surface area (Å²) in [5.41, 5.74) is 1.19. The molecule has 21 heavy (non-hydrogen) atoms. The Bertz CT molecular complexity index is 681. The fourth-order valence-electron chi connectivity index (χ4n) is 1.66. The average Bonchev–Trinajstić information content (AvgIpc) is 2.77. The van der Waals surface area contributed by atoms with Crippen molar-refractivity contribution in [2.24, 2.45) is 7.05 Å². The van der Waals surface area contributed by atoms with Crippen LogP contribution in [0.3, 0.4) is 0 Å². The standard InChI is InChI=1S/C14H16N4O2S/c1-9(19)11-5-4-6-12(7-11)15-13(20)8-21-14-17-16-10(2)18(14)3/h4-7H,8H2,1-3H3,(H,15,20). The van der Waals surface area contributed by atoms with Gasteiger partial charge in [0.1, 0.15) is 5.82 Å². The molecule has 110 valence electrons. The van der Waals surface area contributed by atoms with Gasteiger partial charge in [-0.2, -0.15) is 0 Å². The maximum Gasteiger partial charge on any atom is 0.234 e. The summed E-state index contributed by atoms with van der Waals surface area (Å²) in [5, 5.41) is 11.4. The molecule has 1 N–H and O–H groups in total. The Balaban J connectivity index is 1.94. The molecule has 0 unspecified atom stereocenters. The van der Waals surface area contributed by atoms with Crippen molar-refractivity contribution in [2.45, 2.75) is 19.0 Å². The van der Waals surface area contributed by atoms with Crippen molar-refractivity contribution in [2.75, 3.05) is 11.1 Å². The van der Waals surface area contributed by atoms with Gasteiger partial charge in [0.05, 0.1) is 5.75 Å². The first-order valence-corrected chi connectivity index (χ1v) is 7.35. The van der Waals surface area contributed by atoms with Gasteiger partial charge in [-0.3, -0.25) is 9.59 Å². The van der Waals surface area contributed by atoms with E-state index in [9.17, 15) is 9.59 Å². The van der Waals surface area contributed by atoms with Gasteiger partial charge in [0, 0.05) is 18.3 Å². The molecule has 0 fully saturated rings. The van der Waals surface area contributed by atoms with Crippen molar-refractivity contribution in [3.8, 4) is 0 Å². The molecule has 0 bridgehead atoms. The minimum Gasteiger partial charge on any atom is -0.325 e. The van der Waals surface area contributed by atoms with Gasteiger partial charge in [-0.15, -0.1) is 10.2 Å². The second-order valence-corrected chi connectivity index (χ2v) is 5.51. The Morgan fingerprint density at radius 3 is 2.71 bits per heavy atom. The van der Waals surface area contributed by atoms with Crippen molar-refractivity contribution in [1.29, 1.82) is 0 Å². The van der Waals surface area contributed by atoms with Crippen LogP contribution in [-0.4, -0.2) is 32.2 Å². The molecular weight excluding hydrogens is 288 g/mol. The number of benzene rings is 1. The van der Waals surface area contributed by atoms with Crippen LogP contribution in [0.1, 0.15) is 23.1 Å². The van der Waals surface area contributed by atoms with Crippen LogP contribution < -0.4 is 5.32 Å². The van der Waals surface area contributed by atoms with Gasteiger partial charge in [-0.1, -0.05) is 23.9 Å². The normalized spacial score (nSPS) is 10.4. The highest BCUT2D eigenvalue weighted by Gasteiger charge is 2.09. The zero-order valence-electron chi connectivity index (χ0n) is 12.1. The van der Waals surface area contributed by atoms with E-state index in [1.807, 2.05) is 18.5 Å². The first kappa shape index (κ1) is 15.2. The Morgan fingerprint density at radius 1 is 1.33 bits per heavy atom. The van der Waals surface area contributed by atoms with E-state index in [2.05, 4.69) is 15.5 Å². The third-order valence-electron chi connectivity index (χ3n) is 2.94. The summed E-state index contributed by atoms with van der Waals surface area (Å²) in [4.78, 5) is 23.2. The van der Waals surface area contributed by atoms with Gasteiger partial charge in [0.2, 0.25) is 5.91 Å². The molecule has 1 aromatic heterocycles. The fraction of sp³-hybridized carbons (Fsp3) is 0.286. The predicted octanol–water partition coefficient (Wildman–Crippen LogP) is 2.06. The first-order valence-electron chi connectivity index (χ1n) is 6.37. The molecule has 6 nitrogen and oxygen atoms in total. The number of Topliss-reactive ketones (excluding diaryl/α,β-unsaturated/α-hetero) is 1. The lowest BCUT2D eigenvalue weighted by Gasteiger charge is -2.06. The number of carbonyl (C=O) groups excluding carboxylic acids is 2. The predicted molar refractivity (Wildman–Crippen MR) is 81.5 cm³/mol. The van der Waals surface area contributed by atoms with E-state index in [0.717, 1.165) is 5.82 Å². The molecule has 0 saturated heterocycles. The minimum absolute atomic E-state index is 0.0324. The molecule has 1 aromatic carbocycles. The van der Waals surface area contributed by atoms with Crippen molar-refractivity contribution in [3.63, 3.8) is 0 Å². The summed E-state index contributed by atoms with van der Waals surface area (Å²) < 4.78 is 1.83. The highest BCUT2D eigenvalue weighted by Crippen LogP contribution is 2.16. The lowest BCUT2D eigenvalue weighted by molar-refractivity contribution is -0.113. The zero-order valence-corrected chi connectivity index (χ0v) is 12.9. The van der Waals surface area contributed by atoms with E-state index < -0.39 is 0 Å². The zero-order chi connectivity index (χ0) is 15.4. The van der Waals surface area contributed by atoms with Crippen molar-refractivity contribution < 1.29 is 9.59 Å². The summed E-state index contributed by atoms with van der Waals surface area (Å²) in [7, 11) is 1.85. The molecule has 0 radical (unpaired) electrons. The maximum atomic E-state index is 11.9. The second kappa shape index (κ2) is 6.53. The number of ketones is 1. The quantitative estimate of drug-likeness (QED) is 0.676. The molecular formula is C14H16N4O2S. The summed E-state index contributed by atoms with van der Waals surface area (Å²) in [6, 6.07) is 6.87. The number of aromatic nitrogens is 3. The third kappa shape index (κ3) is 3.91. The van der Waals surface area contributed by atoms with Crippen molar-refractivity contribution in [3.05, 3.63) is 35.7 Å². The van der Waals surface area contributed by atoms with Gasteiger partial charge < -0.3 is 9.88 Å². The fourth-order valence-corrected chi connectivity index (χ4v) is 2.41. The second-order valence-electron chi connectivity index (χ2n) is 4.56. The van der Waals surface area contributed by atoms with Gasteiger partial charge in [0.25, 0.3) is 0 Å². The number of hydrogen-bond donors (Lipinski definition) is 1. The number of rotatable bonds is 5. The number of nitrogens with one attached hydrogen (secondary N) is 1. The highest BCUT2D eigenvalue weighted by molar-refractivity contribution is 7.99. The van der Waals surface area contributed by atoms with E-state index >= 15 is 0 Å². The summed E-state index contributed by atoms with van der Waals surface area (Å²) in [6.07, 6.45) is 0. The number of hydrogen-bond acceptors (Lipinski definition) is 5. The lowest BCUT2D eigenvalue weighted by Crippen LogP contribution is -2.14. The van der Waals surface area contributed by atoms with Gasteiger partial charge in [-0.25, -0.2) is 0 Å². The third-order valence-corrected chi connectivity index (χ3v) is 3.96. The Kier molecular flexibility index (Phi) is 4.74. The Morgan fingerprint density at radius 2 is 2.10 bits per heavy atom. The van der Waals surface area contributed by atoms with Gasteiger partial charge >= 0.3 is 0 Å². The molecule has 0 atom stereocenters. The molecule has 2 aromatic rings. The van der Waals surface area contributed by atoms with Crippen LogP contribution in [0.4, 0.5) is 5.69 Å². The topological polar surface area (TPSA) is 76.9 Å². The molecule has 0 aliphatic heterocycles. The smallest absolute Gasteiger partial charge is 0.234 e. The SMILES string of the molecule is CC(=O)c1cccc(NC(=O)CSc2nnc(C)n2C)c1. The molecule has 1 heterocycles. The average molecular weight is 304 g/mol. The van der Waals surface area contributed by atoms with E-state index in [1.165, 1.54) is 18.7 Å². The van der Waals surface area contributed by atoms with Crippen LogP contribution in [0.5, 0.6) is 0 Å². The Hall–Kier alpha value is -2.15. The number of aryl methyl sites for hydroxylation is 1. The number of amides is 1. The van der Waals surface area contributed by atoms with Crippen LogP contribution in [-0.2, 0) is 11.8 Å². The number of nitrogens with zero attached hydrogens (tertiary/aromatic N) is 3. The summed E-state index contributed by atoms with van der Waals surface area (Å²) >= 11 is 1.32. The molecule has 2 rings (SSSR count). The summed E-state index contributed by atoms with van der Waals surface area (Å²) in [6.45, 7) is 3.34. The van der Waals surface area contributed by atoms with Crippen molar-refractivity contribution in [1.82, 2.24) is 14.8 Å². The van der Waals surface area contributed by atoms with Crippen LogP contribution in [0.15, 0.2) is 29.4 Å². The van der Waals surface area contributed by atoms with E-state index in [1.54, 1.807) is 24.3 Å². The molecule has 7 heteroatoms. The monoisotopic (exact) mass is 304 g/mol. The van der Waals surface area contributed by atoms with Crippen LogP contribution in [0, 0.1) is 6.92 Å². The number of carbonyl (C=O) groups is 2. The summed E-state index contributed by atoms with van der Waals surface area (Å²) in [5.74, 6) is 0.847. The van der Waals surface area contributed by atoms with Crippen LogP contribution in [0.2, 0.25) is 0 Å². The highest BCUT2D eigenvalue weighted by atomic mass is 32.2. The van der Waals surface area contributed by atoms with Gasteiger partial charge in [-0.05, 0) is 26.0 Å². The Labute approximate surface area is 127 Å². The van der Waals surface area contributed by atoms with Gasteiger partial charge in [0.15, 0.2) is 10.9 Å². The van der Waals surface area contributed by atoms with Crippen LogP contribution >= 0.6 is 11.8 Å². The molecule has 0 saturated carbocycles. The minimum atomic E-state index is -0.152. The maximum absolute atomic E-state index is 11.9. The molecule has 0 aliphatic rings. The van der Waals surface area contributed by atoms with E-state index in [-0.39, 0.29) is 17.4 Å². The lowest BCUT2D eigenvalue weighted by atomic mass is 10.1. The molecule has 0 spiro atoms. The molecule has 0 aliphatic carbocycles. The number of thioether (sulfide) groups is 1. The van der Waals surface area contributed by atoms with Crippen molar-refractivity contribution >= 4 is 29.1 Å². The molecule has 1 amide bonds. The largest absolute Gasteiger partial charge is 0.325 e. The first-order chi connectivity index (χ1) is 9.97. The number of anilines is 1.